The van der Waals surface area contributed by atoms with Crippen molar-refractivity contribution in [3.05, 3.63) is 0 Å². The molecule has 0 heterocycles. The minimum atomic E-state index is -2.93. The maximum Gasteiger partial charge on any atom is 0.150 e. The molecule has 0 aliphatic heterocycles. The Labute approximate surface area is 85.7 Å². The minimum Gasteiger partial charge on any atom is -0.380 e. The van der Waals surface area contributed by atoms with Gasteiger partial charge in [0, 0.05) is 18.4 Å². The first-order chi connectivity index (χ1) is 6.37. The predicted octanol–water partition coefficient (Wildman–Crippen LogP) is 0.317. The fourth-order valence-electron chi connectivity index (χ4n) is 1.91. The molecule has 84 valence electrons. The Bertz CT molecular complexity index is 288. The van der Waals surface area contributed by atoms with E-state index in [-0.39, 0.29) is 5.25 Å². The van der Waals surface area contributed by atoms with Crippen molar-refractivity contribution in [3.63, 3.8) is 0 Å². The highest BCUT2D eigenvalue weighted by Gasteiger charge is 2.40. The minimum absolute atomic E-state index is 0.270. The molecule has 2 atom stereocenters. The smallest absolute Gasteiger partial charge is 0.150 e. The molecule has 1 rings (SSSR count). The molecule has 0 aromatic rings. The van der Waals surface area contributed by atoms with Crippen LogP contribution in [0.25, 0.3) is 0 Å². The number of nitrogens with two attached hydrogens (primary N) is 1. The number of hydrogen-bond donors (Lipinski definition) is 1. The third-order valence-corrected chi connectivity index (χ3v) is 4.41. The Morgan fingerprint density at radius 1 is 1.57 bits per heavy atom. The fraction of sp³-hybridized carbons (Fsp3) is 1.00. The van der Waals surface area contributed by atoms with Crippen molar-refractivity contribution in [2.24, 2.45) is 5.73 Å². The Morgan fingerprint density at radius 2 is 2.21 bits per heavy atom. The topological polar surface area (TPSA) is 69.4 Å². The van der Waals surface area contributed by atoms with E-state index in [1.807, 2.05) is 6.92 Å². The van der Waals surface area contributed by atoms with Crippen molar-refractivity contribution in [1.82, 2.24) is 0 Å². The summed E-state index contributed by atoms with van der Waals surface area (Å²) in [5.41, 5.74) is 5.62. The van der Waals surface area contributed by atoms with Gasteiger partial charge >= 0.3 is 0 Å². The van der Waals surface area contributed by atoms with Gasteiger partial charge in [0.2, 0.25) is 0 Å². The van der Waals surface area contributed by atoms with Crippen molar-refractivity contribution >= 4 is 9.84 Å². The highest BCUT2D eigenvalue weighted by atomic mass is 32.2. The van der Waals surface area contributed by atoms with Gasteiger partial charge in [0.05, 0.1) is 11.9 Å². The molecule has 0 spiro atoms. The predicted molar refractivity (Wildman–Crippen MR) is 55.9 cm³/mol. The third kappa shape index (κ3) is 2.93. The SMILES string of the molecule is CCOC[C@@]1(N)CC[C@@H](S(C)(=O)=O)C1. The molecule has 4 nitrogen and oxygen atoms in total. The summed E-state index contributed by atoms with van der Waals surface area (Å²) in [5, 5.41) is -0.270. The Morgan fingerprint density at radius 3 is 2.64 bits per heavy atom. The molecule has 0 amide bonds. The quantitative estimate of drug-likeness (QED) is 0.742. The van der Waals surface area contributed by atoms with Gasteiger partial charge in [-0.05, 0) is 26.2 Å². The highest BCUT2D eigenvalue weighted by Crippen LogP contribution is 2.32. The lowest BCUT2D eigenvalue weighted by Crippen LogP contribution is -2.42. The maximum absolute atomic E-state index is 11.3. The summed E-state index contributed by atoms with van der Waals surface area (Å²) in [6.45, 7) is 3.00. The Balaban J connectivity index is 2.55. The van der Waals surface area contributed by atoms with E-state index in [1.54, 1.807) is 0 Å². The third-order valence-electron chi connectivity index (χ3n) is 2.80. The van der Waals surface area contributed by atoms with Crippen LogP contribution in [0.1, 0.15) is 26.2 Å². The van der Waals surface area contributed by atoms with Crippen molar-refractivity contribution in [1.29, 1.82) is 0 Å². The molecular weight excluding hydrogens is 202 g/mol. The first-order valence-electron chi connectivity index (χ1n) is 4.93. The van der Waals surface area contributed by atoms with Crippen LogP contribution < -0.4 is 5.73 Å². The number of rotatable bonds is 4. The molecule has 1 aliphatic rings. The Kier molecular flexibility index (Phi) is 3.55. The van der Waals surface area contributed by atoms with Gasteiger partial charge in [0.25, 0.3) is 0 Å². The summed E-state index contributed by atoms with van der Waals surface area (Å²) in [7, 11) is -2.93. The summed E-state index contributed by atoms with van der Waals surface area (Å²) in [4.78, 5) is 0. The molecule has 0 saturated heterocycles. The van der Waals surface area contributed by atoms with E-state index in [4.69, 9.17) is 10.5 Å². The molecule has 1 aliphatic carbocycles. The summed E-state index contributed by atoms with van der Waals surface area (Å²) >= 11 is 0. The molecule has 1 fully saturated rings. The van der Waals surface area contributed by atoms with Gasteiger partial charge in [-0.3, -0.25) is 0 Å². The summed E-state index contributed by atoms with van der Waals surface area (Å²) in [6.07, 6.45) is 3.23. The average molecular weight is 221 g/mol. The van der Waals surface area contributed by atoms with Gasteiger partial charge in [0.1, 0.15) is 9.84 Å². The number of hydrogen-bond acceptors (Lipinski definition) is 4. The number of sulfone groups is 1. The van der Waals surface area contributed by atoms with E-state index in [0.717, 1.165) is 6.42 Å². The zero-order valence-electron chi connectivity index (χ0n) is 8.82. The van der Waals surface area contributed by atoms with Gasteiger partial charge in [-0.1, -0.05) is 0 Å². The standard InChI is InChI=1S/C9H19NO3S/c1-3-13-7-9(10)5-4-8(6-9)14(2,11)12/h8H,3-7,10H2,1-2H3/t8-,9-/m1/s1. The molecule has 0 radical (unpaired) electrons. The monoisotopic (exact) mass is 221 g/mol. The molecule has 14 heavy (non-hydrogen) atoms. The van der Waals surface area contributed by atoms with Crippen LogP contribution in [0.2, 0.25) is 0 Å². The lowest BCUT2D eigenvalue weighted by atomic mass is 10.0. The molecule has 0 unspecified atom stereocenters. The van der Waals surface area contributed by atoms with Gasteiger partial charge in [-0.25, -0.2) is 8.42 Å². The van der Waals surface area contributed by atoms with Crippen molar-refractivity contribution in [2.45, 2.75) is 37.0 Å². The lowest BCUT2D eigenvalue weighted by Gasteiger charge is -2.23. The molecule has 5 heteroatoms. The van der Waals surface area contributed by atoms with Gasteiger partial charge in [-0.2, -0.15) is 0 Å². The summed E-state index contributed by atoms with van der Waals surface area (Å²) in [5.74, 6) is 0. The fourth-order valence-corrected chi connectivity index (χ4v) is 3.09. The van der Waals surface area contributed by atoms with E-state index in [1.165, 1.54) is 6.26 Å². The lowest BCUT2D eigenvalue weighted by molar-refractivity contribution is 0.0968. The molecule has 0 bridgehead atoms. The summed E-state index contributed by atoms with van der Waals surface area (Å²) in [6, 6.07) is 0. The average Bonchev–Trinajstić information content (AvgIpc) is 2.45. The van der Waals surface area contributed by atoms with Crippen molar-refractivity contribution < 1.29 is 13.2 Å². The van der Waals surface area contributed by atoms with E-state index < -0.39 is 15.4 Å². The molecule has 1 saturated carbocycles. The molecule has 0 aromatic carbocycles. The largest absolute Gasteiger partial charge is 0.380 e. The number of ether oxygens (including phenoxy) is 1. The van der Waals surface area contributed by atoms with Crippen molar-refractivity contribution in [2.75, 3.05) is 19.5 Å². The van der Waals surface area contributed by atoms with Gasteiger partial charge in [0.15, 0.2) is 0 Å². The summed E-state index contributed by atoms with van der Waals surface area (Å²) < 4.78 is 27.9. The molecule has 0 aromatic heterocycles. The van der Waals surface area contributed by atoms with E-state index in [0.29, 0.717) is 26.1 Å². The normalized spacial score (nSPS) is 33.5. The second kappa shape index (κ2) is 4.16. The van der Waals surface area contributed by atoms with Crippen LogP contribution in [0, 0.1) is 0 Å². The second-order valence-electron chi connectivity index (χ2n) is 4.19. The Hall–Kier alpha value is -0.130. The van der Waals surface area contributed by atoms with Crippen LogP contribution in [0.15, 0.2) is 0 Å². The van der Waals surface area contributed by atoms with E-state index >= 15 is 0 Å². The zero-order valence-corrected chi connectivity index (χ0v) is 9.64. The van der Waals surface area contributed by atoms with E-state index in [9.17, 15) is 8.42 Å². The second-order valence-corrected chi connectivity index (χ2v) is 6.52. The highest BCUT2D eigenvalue weighted by molar-refractivity contribution is 7.91. The van der Waals surface area contributed by atoms with Gasteiger partial charge < -0.3 is 10.5 Å². The van der Waals surface area contributed by atoms with Crippen LogP contribution in [0.3, 0.4) is 0 Å². The van der Waals surface area contributed by atoms with Gasteiger partial charge in [-0.15, -0.1) is 0 Å². The first-order valence-corrected chi connectivity index (χ1v) is 6.88. The van der Waals surface area contributed by atoms with Crippen LogP contribution in [0.4, 0.5) is 0 Å². The zero-order chi connectivity index (χ0) is 10.8. The van der Waals surface area contributed by atoms with Crippen LogP contribution in [0.5, 0.6) is 0 Å². The van der Waals surface area contributed by atoms with Crippen LogP contribution in [-0.4, -0.2) is 38.7 Å². The first kappa shape index (κ1) is 11.9. The van der Waals surface area contributed by atoms with E-state index in [2.05, 4.69) is 0 Å². The van der Waals surface area contributed by atoms with Crippen LogP contribution in [-0.2, 0) is 14.6 Å². The van der Waals surface area contributed by atoms with Crippen LogP contribution >= 0.6 is 0 Å². The maximum atomic E-state index is 11.3. The molecule has 2 N–H and O–H groups in total. The molecular formula is C9H19NO3S. The van der Waals surface area contributed by atoms with Crippen molar-refractivity contribution in [3.8, 4) is 0 Å².